The molecule has 1 saturated heterocycles. The normalized spacial score (nSPS) is 17.3. The Morgan fingerprint density at radius 1 is 1.03 bits per heavy atom. The Hall–Kier alpha value is -3.23. The van der Waals surface area contributed by atoms with Gasteiger partial charge in [0.1, 0.15) is 0 Å². The van der Waals surface area contributed by atoms with Crippen LogP contribution in [0.5, 0.6) is 0 Å². The van der Waals surface area contributed by atoms with E-state index in [0.717, 1.165) is 56.0 Å². The van der Waals surface area contributed by atoms with Crippen LogP contribution in [-0.2, 0) is 17.8 Å². The number of carboxylic acid groups (broad SMARTS) is 1. The Morgan fingerprint density at radius 2 is 1.78 bits per heavy atom. The van der Waals surface area contributed by atoms with Crippen LogP contribution in [0.3, 0.4) is 0 Å². The average molecular weight is 436 g/mol. The number of hydrogen-bond donors (Lipinski definition) is 2. The molecular formula is C24H29N5O3. The first-order chi connectivity index (χ1) is 15.5. The van der Waals surface area contributed by atoms with E-state index < -0.39 is 5.97 Å². The number of hydrogen-bond acceptors (Lipinski definition) is 6. The number of amides is 1. The smallest absolute Gasteiger partial charge is 0.317 e. The number of nitrogens with one attached hydrogen (secondary N) is 1. The van der Waals surface area contributed by atoms with Gasteiger partial charge in [0.25, 0.3) is 5.91 Å². The van der Waals surface area contributed by atoms with Crippen LogP contribution in [0.4, 0.5) is 5.69 Å². The van der Waals surface area contributed by atoms with Gasteiger partial charge in [0.05, 0.1) is 12.8 Å². The van der Waals surface area contributed by atoms with Gasteiger partial charge in [-0.3, -0.25) is 19.5 Å². The van der Waals surface area contributed by atoms with Gasteiger partial charge in [0.2, 0.25) is 0 Å². The van der Waals surface area contributed by atoms with Crippen molar-refractivity contribution in [3.63, 3.8) is 0 Å². The fraction of sp³-hybridized carbons (Fsp3) is 0.375. The molecule has 8 nitrogen and oxygen atoms in total. The lowest BCUT2D eigenvalue weighted by molar-refractivity contribution is -0.138. The van der Waals surface area contributed by atoms with Crippen LogP contribution < -0.4 is 5.32 Å². The molecule has 168 valence electrons. The predicted octanol–water partition coefficient (Wildman–Crippen LogP) is 1.96. The molecule has 0 bridgehead atoms. The van der Waals surface area contributed by atoms with E-state index in [2.05, 4.69) is 27.4 Å². The van der Waals surface area contributed by atoms with Crippen molar-refractivity contribution in [2.24, 2.45) is 5.10 Å². The Balaban J connectivity index is 1.35. The summed E-state index contributed by atoms with van der Waals surface area (Å²) in [6.07, 6.45) is 2.64. The number of hydrazone groups is 1. The highest BCUT2D eigenvalue weighted by Crippen LogP contribution is 2.21. The number of nitrogens with zero attached hydrogens (tertiary/aromatic N) is 4. The molecule has 4 rings (SSSR count). The number of piperazine rings is 1. The maximum absolute atomic E-state index is 12.7. The summed E-state index contributed by atoms with van der Waals surface area (Å²) in [6.45, 7) is 5.16. The quantitative estimate of drug-likeness (QED) is 0.675. The lowest BCUT2D eigenvalue weighted by Crippen LogP contribution is -2.41. The van der Waals surface area contributed by atoms with Gasteiger partial charge in [-0.1, -0.05) is 18.2 Å². The van der Waals surface area contributed by atoms with Gasteiger partial charge in [0.15, 0.2) is 0 Å². The Morgan fingerprint density at radius 3 is 2.50 bits per heavy atom. The molecule has 2 aromatic rings. The fourth-order valence-corrected chi connectivity index (χ4v) is 4.00. The van der Waals surface area contributed by atoms with Crippen LogP contribution >= 0.6 is 0 Å². The van der Waals surface area contributed by atoms with E-state index in [0.29, 0.717) is 12.1 Å². The number of rotatable bonds is 6. The van der Waals surface area contributed by atoms with Gasteiger partial charge in [-0.05, 0) is 54.4 Å². The number of carbonyl (C=O) groups is 2. The molecule has 8 heteroatoms. The lowest BCUT2D eigenvalue weighted by atomic mass is 9.97. The molecule has 0 unspecified atom stereocenters. The van der Waals surface area contributed by atoms with E-state index >= 15 is 0 Å². The van der Waals surface area contributed by atoms with E-state index in [1.807, 2.05) is 53.6 Å². The number of carboxylic acids is 1. The average Bonchev–Trinajstić information content (AvgIpc) is 2.79. The van der Waals surface area contributed by atoms with Gasteiger partial charge in [0, 0.05) is 50.5 Å². The largest absolute Gasteiger partial charge is 0.480 e. The van der Waals surface area contributed by atoms with Crippen LogP contribution in [0.25, 0.3) is 0 Å². The minimum atomic E-state index is -0.834. The molecule has 2 heterocycles. The third-order valence-electron chi connectivity index (χ3n) is 5.94. The number of fused-ring (bicyclic) bond motifs is 1. The van der Waals surface area contributed by atoms with Gasteiger partial charge >= 0.3 is 5.97 Å². The Bertz CT molecular complexity index is 997. The van der Waals surface area contributed by atoms with Crippen molar-refractivity contribution in [2.75, 3.05) is 51.6 Å². The summed E-state index contributed by atoms with van der Waals surface area (Å²) in [6, 6.07) is 13.3. The van der Waals surface area contributed by atoms with Crippen molar-refractivity contribution < 1.29 is 14.7 Å². The standard InChI is InChI=1S/C24H29N5O3/c1-27-10-12-29(13-11-27)25-15-18-2-6-22(7-3-18)26-24(32)20-5-4-19-8-9-28(17-23(30)31)16-21(19)14-20/h2-7,14-15H,8-13,16-17H2,1H3,(H,26,32)(H,30,31). The molecule has 32 heavy (non-hydrogen) atoms. The van der Waals surface area contributed by atoms with Crippen LogP contribution in [0.2, 0.25) is 0 Å². The van der Waals surface area contributed by atoms with Crippen LogP contribution in [0.15, 0.2) is 47.6 Å². The van der Waals surface area contributed by atoms with E-state index in [1.165, 1.54) is 5.56 Å². The lowest BCUT2D eigenvalue weighted by Gasteiger charge is -2.30. The summed E-state index contributed by atoms with van der Waals surface area (Å²) >= 11 is 0. The second kappa shape index (κ2) is 9.93. The molecule has 2 aromatic carbocycles. The molecule has 0 spiro atoms. The Kier molecular flexibility index (Phi) is 6.82. The van der Waals surface area contributed by atoms with Crippen molar-refractivity contribution in [2.45, 2.75) is 13.0 Å². The summed E-state index contributed by atoms with van der Waals surface area (Å²) in [5.41, 5.74) is 4.46. The van der Waals surface area contributed by atoms with E-state index in [9.17, 15) is 9.59 Å². The number of aliphatic carboxylic acids is 1. The summed E-state index contributed by atoms with van der Waals surface area (Å²) in [7, 11) is 2.12. The molecule has 0 aliphatic carbocycles. The summed E-state index contributed by atoms with van der Waals surface area (Å²) in [5.74, 6) is -1.01. The highest BCUT2D eigenvalue weighted by Gasteiger charge is 2.19. The summed E-state index contributed by atoms with van der Waals surface area (Å²) < 4.78 is 0. The van der Waals surface area contributed by atoms with Crippen molar-refractivity contribution in [1.82, 2.24) is 14.8 Å². The molecule has 2 aliphatic rings. The first-order valence-electron chi connectivity index (χ1n) is 10.9. The molecule has 1 fully saturated rings. The van der Waals surface area contributed by atoms with Crippen LogP contribution in [-0.4, -0.2) is 84.3 Å². The summed E-state index contributed by atoms with van der Waals surface area (Å²) in [4.78, 5) is 27.9. The molecule has 2 N–H and O–H groups in total. The monoisotopic (exact) mass is 435 g/mol. The number of anilines is 1. The second-order valence-electron chi connectivity index (χ2n) is 8.42. The molecular weight excluding hydrogens is 406 g/mol. The predicted molar refractivity (Wildman–Crippen MR) is 124 cm³/mol. The summed E-state index contributed by atoms with van der Waals surface area (Å²) in [5, 5.41) is 18.6. The Labute approximate surface area is 188 Å². The van der Waals surface area contributed by atoms with Crippen molar-refractivity contribution >= 4 is 23.8 Å². The molecule has 0 aromatic heterocycles. The fourth-order valence-electron chi connectivity index (χ4n) is 4.00. The molecule has 1 amide bonds. The first-order valence-corrected chi connectivity index (χ1v) is 10.9. The number of benzene rings is 2. The minimum absolute atomic E-state index is 0.0142. The van der Waals surface area contributed by atoms with Gasteiger partial charge < -0.3 is 15.3 Å². The van der Waals surface area contributed by atoms with Gasteiger partial charge in [-0.25, -0.2) is 0 Å². The third-order valence-corrected chi connectivity index (χ3v) is 5.94. The van der Waals surface area contributed by atoms with E-state index in [-0.39, 0.29) is 12.5 Å². The maximum Gasteiger partial charge on any atom is 0.317 e. The van der Waals surface area contributed by atoms with E-state index in [4.69, 9.17) is 5.11 Å². The second-order valence-corrected chi connectivity index (χ2v) is 8.42. The minimum Gasteiger partial charge on any atom is -0.480 e. The van der Waals surface area contributed by atoms with Crippen molar-refractivity contribution in [3.8, 4) is 0 Å². The molecule has 0 saturated carbocycles. The van der Waals surface area contributed by atoms with Gasteiger partial charge in [-0.2, -0.15) is 5.10 Å². The molecule has 0 atom stereocenters. The van der Waals surface area contributed by atoms with Crippen LogP contribution in [0.1, 0.15) is 27.0 Å². The molecule has 0 radical (unpaired) electrons. The highest BCUT2D eigenvalue weighted by atomic mass is 16.4. The van der Waals surface area contributed by atoms with Gasteiger partial charge in [-0.15, -0.1) is 0 Å². The first kappa shape index (κ1) is 22.0. The zero-order valence-electron chi connectivity index (χ0n) is 18.3. The SMILES string of the molecule is CN1CCN(N=Cc2ccc(NC(=O)c3ccc4c(c3)CN(CC(=O)O)CC4)cc2)CC1. The maximum atomic E-state index is 12.7. The highest BCUT2D eigenvalue weighted by molar-refractivity contribution is 6.04. The van der Waals surface area contributed by atoms with Crippen molar-refractivity contribution in [3.05, 3.63) is 64.7 Å². The molecule has 2 aliphatic heterocycles. The van der Waals surface area contributed by atoms with Crippen molar-refractivity contribution in [1.29, 1.82) is 0 Å². The van der Waals surface area contributed by atoms with E-state index in [1.54, 1.807) is 0 Å². The number of likely N-dealkylation sites (N-methyl/N-ethyl adjacent to an activating group) is 1. The zero-order valence-corrected chi connectivity index (χ0v) is 18.3. The van der Waals surface area contributed by atoms with Crippen LogP contribution in [0, 0.1) is 0 Å². The zero-order chi connectivity index (χ0) is 22.5. The third kappa shape index (κ3) is 5.72. The number of carbonyl (C=O) groups excluding carboxylic acids is 1. The topological polar surface area (TPSA) is 88.5 Å².